The van der Waals surface area contributed by atoms with Crippen molar-refractivity contribution in [1.82, 2.24) is 9.97 Å². The molecule has 0 fully saturated rings. The van der Waals surface area contributed by atoms with Crippen LogP contribution in [-0.2, 0) is 0 Å². The van der Waals surface area contributed by atoms with Crippen LogP contribution in [0.15, 0.2) is 30.6 Å². The predicted molar refractivity (Wildman–Crippen MR) is 64.8 cm³/mol. The Morgan fingerprint density at radius 2 is 1.78 bits per heavy atom. The summed E-state index contributed by atoms with van der Waals surface area (Å²) in [6.07, 6.45) is 2.72. The lowest BCUT2D eigenvalue weighted by Gasteiger charge is -2.08. The van der Waals surface area contributed by atoms with Crippen LogP contribution in [0, 0.1) is 0 Å². The Morgan fingerprint density at radius 3 is 2.39 bits per heavy atom. The molecule has 0 aliphatic carbocycles. The molecule has 2 aromatic rings. The van der Waals surface area contributed by atoms with E-state index in [4.69, 9.17) is 11.6 Å². The van der Waals surface area contributed by atoms with E-state index in [1.807, 2.05) is 0 Å². The summed E-state index contributed by atoms with van der Waals surface area (Å²) in [6.45, 7) is 0. The predicted octanol–water partition coefficient (Wildman–Crippen LogP) is 1.79. The van der Waals surface area contributed by atoms with Gasteiger partial charge in [0, 0.05) is 12.4 Å². The Morgan fingerprint density at radius 1 is 1.17 bits per heavy atom. The summed E-state index contributed by atoms with van der Waals surface area (Å²) in [5, 5.41) is 21.4. The average Bonchev–Trinajstić information content (AvgIpc) is 2.32. The molecule has 1 amide bonds. The van der Waals surface area contributed by atoms with Gasteiger partial charge in [0.05, 0.1) is 0 Å². The van der Waals surface area contributed by atoms with E-state index in [2.05, 4.69) is 15.3 Å². The lowest BCUT2D eigenvalue weighted by Crippen LogP contribution is -2.14. The van der Waals surface area contributed by atoms with Gasteiger partial charge in [-0.3, -0.25) is 4.79 Å². The molecule has 0 atom stereocenters. The number of carbonyl (C=O) groups excluding carboxylic acids is 1. The summed E-state index contributed by atoms with van der Waals surface area (Å²) >= 11 is 5.72. The minimum atomic E-state index is -0.729. The van der Waals surface area contributed by atoms with Gasteiger partial charge in [-0.1, -0.05) is 17.7 Å². The van der Waals surface area contributed by atoms with Crippen LogP contribution in [0.3, 0.4) is 0 Å². The van der Waals surface area contributed by atoms with Gasteiger partial charge in [0.15, 0.2) is 11.0 Å². The molecule has 0 unspecified atom stereocenters. The fourth-order valence-electron chi connectivity index (χ4n) is 1.34. The summed E-state index contributed by atoms with van der Waals surface area (Å²) in [4.78, 5) is 19.4. The molecule has 1 heterocycles. The van der Waals surface area contributed by atoms with E-state index in [1.54, 1.807) is 0 Å². The normalized spacial score (nSPS) is 10.1. The van der Waals surface area contributed by atoms with Gasteiger partial charge >= 0.3 is 0 Å². The number of halogens is 1. The zero-order chi connectivity index (χ0) is 13.1. The minimum absolute atomic E-state index is 0.0146. The summed E-state index contributed by atoms with van der Waals surface area (Å²) in [6, 6.07) is 3.98. The molecule has 1 aromatic heterocycles. The summed E-state index contributed by atoms with van der Waals surface area (Å²) in [7, 11) is 0. The second-order valence-corrected chi connectivity index (χ2v) is 3.68. The highest BCUT2D eigenvalue weighted by Gasteiger charge is 2.17. The maximum Gasteiger partial charge on any atom is 0.264 e. The Hall–Kier alpha value is -2.34. The molecular formula is C11H8ClN3O3. The molecule has 0 bridgehead atoms. The first-order chi connectivity index (χ1) is 8.59. The van der Waals surface area contributed by atoms with E-state index in [9.17, 15) is 15.0 Å². The van der Waals surface area contributed by atoms with Crippen molar-refractivity contribution in [1.29, 1.82) is 0 Å². The number of aromatic hydroxyl groups is 2. The van der Waals surface area contributed by atoms with Crippen molar-refractivity contribution < 1.29 is 15.0 Å². The fourth-order valence-corrected chi connectivity index (χ4v) is 1.49. The van der Waals surface area contributed by atoms with Crippen LogP contribution >= 0.6 is 11.6 Å². The van der Waals surface area contributed by atoms with Crippen LogP contribution < -0.4 is 5.32 Å². The van der Waals surface area contributed by atoms with Gasteiger partial charge in [0.2, 0.25) is 0 Å². The molecular weight excluding hydrogens is 258 g/mol. The number of phenolic OH excluding ortho intramolecular Hbond substituents is 2. The number of aromatic nitrogens is 2. The van der Waals surface area contributed by atoms with Gasteiger partial charge in [-0.2, -0.15) is 0 Å². The molecule has 1 aromatic carbocycles. The van der Waals surface area contributed by atoms with Gasteiger partial charge < -0.3 is 15.5 Å². The van der Waals surface area contributed by atoms with Crippen molar-refractivity contribution in [3.63, 3.8) is 0 Å². The Balaban J connectivity index is 2.31. The second-order valence-electron chi connectivity index (χ2n) is 3.32. The molecule has 0 spiro atoms. The Bertz CT molecular complexity index is 584. The van der Waals surface area contributed by atoms with E-state index in [1.165, 1.54) is 30.6 Å². The molecule has 0 saturated heterocycles. The largest absolute Gasteiger partial charge is 0.507 e. The van der Waals surface area contributed by atoms with E-state index in [0.717, 1.165) is 0 Å². The summed E-state index contributed by atoms with van der Waals surface area (Å²) in [5.41, 5.74) is -0.251. The van der Waals surface area contributed by atoms with Crippen LogP contribution in [0.25, 0.3) is 0 Å². The summed E-state index contributed by atoms with van der Waals surface area (Å²) < 4.78 is 0. The molecule has 3 N–H and O–H groups in total. The van der Waals surface area contributed by atoms with Gasteiger partial charge in [-0.25, -0.2) is 9.97 Å². The number of amides is 1. The average molecular weight is 266 g/mol. The standard InChI is InChI=1S/C11H8ClN3O3/c12-9-10(14-5-4-13-9)15-11(18)8-6(16)2-1-3-7(8)17/h1-5,16-17H,(H,14,15,18). The molecule has 0 saturated carbocycles. The monoisotopic (exact) mass is 265 g/mol. The van der Waals surface area contributed by atoms with Crippen LogP contribution in [0.1, 0.15) is 10.4 Å². The minimum Gasteiger partial charge on any atom is -0.507 e. The van der Waals surface area contributed by atoms with Crippen LogP contribution in [-0.4, -0.2) is 26.1 Å². The van der Waals surface area contributed by atoms with Crippen molar-refractivity contribution in [3.05, 3.63) is 41.3 Å². The van der Waals surface area contributed by atoms with Crippen molar-refractivity contribution >= 4 is 23.3 Å². The summed E-state index contributed by atoms with van der Waals surface area (Å²) in [5.74, 6) is -1.36. The van der Waals surface area contributed by atoms with E-state index < -0.39 is 5.91 Å². The number of anilines is 1. The fraction of sp³-hybridized carbons (Fsp3) is 0. The topological polar surface area (TPSA) is 95.3 Å². The third-order valence-corrected chi connectivity index (χ3v) is 2.41. The first-order valence-electron chi connectivity index (χ1n) is 4.88. The highest BCUT2D eigenvalue weighted by Crippen LogP contribution is 2.27. The van der Waals surface area contributed by atoms with Gasteiger partial charge in [-0.15, -0.1) is 0 Å². The number of carbonyl (C=O) groups is 1. The van der Waals surface area contributed by atoms with Crippen molar-refractivity contribution in [3.8, 4) is 11.5 Å². The number of rotatable bonds is 2. The molecule has 2 rings (SSSR count). The zero-order valence-electron chi connectivity index (χ0n) is 8.96. The number of hydrogen-bond acceptors (Lipinski definition) is 5. The number of nitrogens with one attached hydrogen (secondary N) is 1. The van der Waals surface area contributed by atoms with Crippen LogP contribution in [0.2, 0.25) is 5.15 Å². The van der Waals surface area contributed by atoms with Crippen molar-refractivity contribution in [2.45, 2.75) is 0 Å². The smallest absolute Gasteiger partial charge is 0.264 e. The molecule has 0 aliphatic heterocycles. The maximum atomic E-state index is 11.9. The molecule has 0 radical (unpaired) electrons. The van der Waals surface area contributed by atoms with Crippen molar-refractivity contribution in [2.24, 2.45) is 0 Å². The first-order valence-corrected chi connectivity index (χ1v) is 5.26. The van der Waals surface area contributed by atoms with Gasteiger partial charge in [-0.05, 0) is 12.1 Å². The first kappa shape index (κ1) is 12.1. The third kappa shape index (κ3) is 2.33. The second kappa shape index (κ2) is 4.89. The van der Waals surface area contributed by atoms with E-state index in [0.29, 0.717) is 0 Å². The quantitative estimate of drug-likeness (QED) is 0.769. The molecule has 0 aliphatic rings. The Kier molecular flexibility index (Phi) is 3.29. The highest BCUT2D eigenvalue weighted by molar-refractivity contribution is 6.32. The molecule has 18 heavy (non-hydrogen) atoms. The lowest BCUT2D eigenvalue weighted by atomic mass is 10.1. The van der Waals surface area contributed by atoms with E-state index >= 15 is 0 Å². The lowest BCUT2D eigenvalue weighted by molar-refractivity contribution is 0.102. The number of benzene rings is 1. The Labute approximate surface area is 107 Å². The van der Waals surface area contributed by atoms with Crippen LogP contribution in [0.5, 0.6) is 11.5 Å². The molecule has 6 nitrogen and oxygen atoms in total. The van der Waals surface area contributed by atoms with Gasteiger partial charge in [0.25, 0.3) is 5.91 Å². The molecule has 92 valence electrons. The number of phenols is 2. The number of hydrogen-bond donors (Lipinski definition) is 3. The SMILES string of the molecule is O=C(Nc1nccnc1Cl)c1c(O)cccc1O. The molecule has 7 heteroatoms. The van der Waals surface area contributed by atoms with Crippen molar-refractivity contribution in [2.75, 3.05) is 5.32 Å². The highest BCUT2D eigenvalue weighted by atomic mass is 35.5. The number of nitrogens with zero attached hydrogens (tertiary/aromatic N) is 2. The van der Waals surface area contributed by atoms with Crippen LogP contribution in [0.4, 0.5) is 5.82 Å². The maximum absolute atomic E-state index is 11.9. The van der Waals surface area contributed by atoms with Gasteiger partial charge in [0.1, 0.15) is 17.1 Å². The third-order valence-electron chi connectivity index (χ3n) is 2.13. The van der Waals surface area contributed by atoms with E-state index in [-0.39, 0.29) is 28.0 Å². The zero-order valence-corrected chi connectivity index (χ0v) is 9.72.